The summed E-state index contributed by atoms with van der Waals surface area (Å²) in [6.07, 6.45) is -4.32. The average molecular weight is 491 g/mol. The van der Waals surface area contributed by atoms with Gasteiger partial charge in [0.2, 0.25) is 0 Å². The average Bonchev–Trinajstić information content (AvgIpc) is 2.42. The molecule has 2 rings (SSSR count). The Morgan fingerprint density at radius 1 is 0.952 bits per heavy atom. The zero-order valence-corrected chi connectivity index (χ0v) is 15.2. The molecule has 2 aromatic rings. The van der Waals surface area contributed by atoms with Crippen LogP contribution in [0.5, 0.6) is 0 Å². The van der Waals surface area contributed by atoms with E-state index in [4.69, 9.17) is 5.73 Å². The predicted molar refractivity (Wildman–Crippen MR) is 90.3 cm³/mol. The second-order valence-electron chi connectivity index (χ2n) is 3.80. The molecule has 0 aromatic heterocycles. The summed E-state index contributed by atoms with van der Waals surface area (Å²) >= 11 is 9.47. The summed E-state index contributed by atoms with van der Waals surface area (Å²) in [5.41, 5.74) is 5.71. The minimum absolute atomic E-state index is 0.0878. The molecule has 0 aliphatic carbocycles. The fourth-order valence-electron chi connectivity index (χ4n) is 1.26. The summed E-state index contributed by atoms with van der Waals surface area (Å²) in [5, 5.41) is 0. The van der Waals surface area contributed by atoms with Crippen LogP contribution in [0.4, 0.5) is 24.5 Å². The summed E-state index contributed by atoms with van der Waals surface area (Å²) in [4.78, 5) is 0. The molecule has 0 saturated heterocycles. The van der Waals surface area contributed by atoms with Gasteiger partial charge in [0.1, 0.15) is 0 Å². The maximum absolute atomic E-state index is 12.0. The first kappa shape index (κ1) is 18.3. The van der Waals surface area contributed by atoms with Crippen LogP contribution in [0, 0.1) is 0 Å². The van der Waals surface area contributed by atoms with E-state index in [1.54, 1.807) is 2.95 Å². The molecule has 0 atom stereocenters. The summed E-state index contributed by atoms with van der Waals surface area (Å²) < 4.78 is 38.3. The van der Waals surface area contributed by atoms with E-state index >= 15 is 0 Å². The number of para-hydroxylation sites is 1. The minimum Gasteiger partial charge on any atom is -0.398 e. The third-order valence-corrected chi connectivity index (χ3v) is 3.82. The molecule has 2 nitrogen and oxygen atoms in total. The molecule has 0 aliphatic rings. The van der Waals surface area contributed by atoms with E-state index in [2.05, 4.69) is 48.2 Å². The van der Waals surface area contributed by atoms with E-state index in [0.717, 1.165) is 17.8 Å². The van der Waals surface area contributed by atoms with Crippen LogP contribution in [0.2, 0.25) is 0 Å². The van der Waals surface area contributed by atoms with Crippen molar-refractivity contribution in [3.63, 3.8) is 0 Å². The molecule has 0 fully saturated rings. The van der Waals surface area contributed by atoms with Crippen molar-refractivity contribution in [1.82, 2.24) is 0 Å². The smallest absolute Gasteiger partial charge is 0.398 e. The quantitative estimate of drug-likeness (QED) is 0.383. The van der Waals surface area contributed by atoms with Gasteiger partial charge in [0.15, 0.2) is 0 Å². The Labute approximate surface area is 145 Å². The van der Waals surface area contributed by atoms with Crippen LogP contribution in [0.1, 0.15) is 5.56 Å². The Morgan fingerprint density at radius 2 is 1.52 bits per heavy atom. The number of anilines is 2. The van der Waals surface area contributed by atoms with Gasteiger partial charge < -0.3 is 5.73 Å². The summed E-state index contributed by atoms with van der Waals surface area (Å²) in [6, 6.07) is 13.1. The zero-order chi connectivity index (χ0) is 16.0. The van der Waals surface area contributed by atoms with E-state index in [1.807, 2.05) is 30.3 Å². The van der Waals surface area contributed by atoms with Gasteiger partial charge in [-0.15, -0.1) is 0 Å². The van der Waals surface area contributed by atoms with E-state index < -0.39 is 11.7 Å². The van der Waals surface area contributed by atoms with Crippen LogP contribution in [-0.2, 0) is 6.18 Å². The lowest BCUT2D eigenvalue weighted by molar-refractivity contribution is -0.137. The molecule has 0 unspecified atom stereocenters. The minimum atomic E-state index is -4.32. The summed E-state index contributed by atoms with van der Waals surface area (Å²) in [6.45, 7) is 0. The van der Waals surface area contributed by atoms with Gasteiger partial charge in [0.05, 0.1) is 43.5 Å². The van der Waals surface area contributed by atoms with Crippen molar-refractivity contribution >= 4 is 59.6 Å². The van der Waals surface area contributed by atoms with Crippen LogP contribution >= 0.6 is 48.2 Å². The summed E-state index contributed by atoms with van der Waals surface area (Å²) in [5.74, 6) is 0. The predicted octanol–water partition coefficient (Wildman–Crippen LogP) is 6.16. The highest BCUT2D eigenvalue weighted by Gasteiger charge is 2.30. The van der Waals surface area contributed by atoms with Crippen LogP contribution in [0.25, 0.3) is 0 Å². The van der Waals surface area contributed by atoms with Crippen LogP contribution in [0.3, 0.4) is 0 Å². The van der Waals surface area contributed by atoms with Crippen molar-refractivity contribution in [2.24, 2.45) is 0 Å². The molecule has 114 valence electrons. The second-order valence-corrected chi connectivity index (χ2v) is 7.03. The lowest BCUT2D eigenvalue weighted by Crippen LogP contribution is -2.05. The Bertz CT molecular complexity index is 575. The fraction of sp³-hybridized carbons (Fsp3) is 0.0769. The molecule has 0 spiro atoms. The highest BCUT2D eigenvalue weighted by Crippen LogP contribution is 2.32. The molecule has 2 N–H and O–H groups in total. The standard InChI is InChI=1S/C7H5BrF3N.C6H5Br2N/c8-5-2-1-4(3-6(5)12)7(9,10)11;7-9(8)6-4-2-1-3-5-6/h1-3H,12H2;1-5H. The van der Waals surface area contributed by atoms with Gasteiger partial charge in [-0.1, -0.05) is 18.2 Å². The monoisotopic (exact) mass is 488 g/mol. The number of nitrogens with two attached hydrogens (primary N) is 1. The Morgan fingerprint density at radius 3 is 1.90 bits per heavy atom. The first-order chi connectivity index (χ1) is 9.71. The van der Waals surface area contributed by atoms with E-state index in [0.29, 0.717) is 4.47 Å². The molecule has 0 amide bonds. The summed E-state index contributed by atoms with van der Waals surface area (Å²) in [7, 11) is 0. The second kappa shape index (κ2) is 8.05. The van der Waals surface area contributed by atoms with Gasteiger partial charge in [-0.3, -0.25) is 0 Å². The maximum Gasteiger partial charge on any atom is 0.416 e. The van der Waals surface area contributed by atoms with Gasteiger partial charge in [-0.05, 0) is 46.3 Å². The number of nitrogens with zero attached hydrogens (tertiary/aromatic N) is 1. The van der Waals surface area contributed by atoms with Crippen molar-refractivity contribution in [1.29, 1.82) is 0 Å². The molecule has 2 aromatic carbocycles. The van der Waals surface area contributed by atoms with Crippen molar-refractivity contribution in [3.05, 3.63) is 58.6 Å². The van der Waals surface area contributed by atoms with Crippen molar-refractivity contribution < 1.29 is 13.2 Å². The zero-order valence-electron chi connectivity index (χ0n) is 10.4. The SMILES string of the molecule is BrN(Br)c1ccccc1.Nc1cc(C(F)(F)F)ccc1Br. The number of hydrogen-bond donors (Lipinski definition) is 1. The van der Waals surface area contributed by atoms with E-state index in [9.17, 15) is 13.2 Å². The number of halogens is 6. The normalized spacial score (nSPS) is 10.6. The first-order valence-electron chi connectivity index (χ1n) is 5.50. The number of rotatable bonds is 1. The molecule has 8 heteroatoms. The van der Waals surface area contributed by atoms with Crippen LogP contribution in [0.15, 0.2) is 53.0 Å². The molecule has 0 bridgehead atoms. The van der Waals surface area contributed by atoms with E-state index in [1.165, 1.54) is 6.07 Å². The molecule has 0 saturated carbocycles. The van der Waals surface area contributed by atoms with Gasteiger partial charge in [-0.2, -0.15) is 13.2 Å². The van der Waals surface area contributed by atoms with Gasteiger partial charge in [-0.25, -0.2) is 2.95 Å². The molecule has 0 radical (unpaired) electrons. The van der Waals surface area contributed by atoms with Gasteiger partial charge in [0.25, 0.3) is 0 Å². The Balaban J connectivity index is 0.000000219. The number of nitrogen functional groups attached to an aromatic ring is 1. The highest BCUT2D eigenvalue weighted by atomic mass is 79.9. The van der Waals surface area contributed by atoms with Crippen molar-refractivity contribution in [3.8, 4) is 0 Å². The van der Waals surface area contributed by atoms with Crippen molar-refractivity contribution in [2.45, 2.75) is 6.18 Å². The Kier molecular flexibility index (Phi) is 7.02. The molecular weight excluding hydrogens is 481 g/mol. The molecule has 0 aliphatic heterocycles. The van der Waals surface area contributed by atoms with Gasteiger partial charge in [0, 0.05) is 10.2 Å². The third kappa shape index (κ3) is 6.27. The topological polar surface area (TPSA) is 29.3 Å². The van der Waals surface area contributed by atoms with E-state index in [-0.39, 0.29) is 5.69 Å². The maximum atomic E-state index is 12.0. The fourth-order valence-corrected chi connectivity index (χ4v) is 1.98. The molecular formula is C13H10Br3F3N2. The lowest BCUT2D eigenvalue weighted by Gasteiger charge is -2.07. The number of benzene rings is 2. The largest absolute Gasteiger partial charge is 0.416 e. The first-order valence-corrected chi connectivity index (χ1v) is 7.72. The number of hydrogen-bond acceptors (Lipinski definition) is 2. The molecule has 0 heterocycles. The number of alkyl halides is 3. The Hall–Kier alpha value is -0.730. The lowest BCUT2D eigenvalue weighted by atomic mass is 10.2. The van der Waals surface area contributed by atoms with Gasteiger partial charge >= 0.3 is 6.18 Å². The third-order valence-electron chi connectivity index (χ3n) is 2.27. The highest BCUT2D eigenvalue weighted by molar-refractivity contribution is 9.25. The van der Waals surface area contributed by atoms with Crippen molar-refractivity contribution in [2.75, 3.05) is 8.69 Å². The van der Waals surface area contributed by atoms with Crippen LogP contribution in [-0.4, -0.2) is 0 Å². The van der Waals surface area contributed by atoms with Crippen LogP contribution < -0.4 is 8.69 Å². The molecule has 21 heavy (non-hydrogen) atoms.